The minimum absolute atomic E-state index is 0.00794. The lowest BCUT2D eigenvalue weighted by Gasteiger charge is -2.34. The second-order valence-corrected chi connectivity index (χ2v) is 8.93. The molecule has 3 heterocycles. The molecule has 7 nitrogen and oxygen atoms in total. The van der Waals surface area contributed by atoms with Crippen molar-refractivity contribution in [3.8, 4) is 16.8 Å². The van der Waals surface area contributed by atoms with Gasteiger partial charge in [0.05, 0.1) is 32.1 Å². The maximum absolute atomic E-state index is 12.2. The summed E-state index contributed by atoms with van der Waals surface area (Å²) >= 11 is 0. The number of amides is 1. The second kappa shape index (κ2) is 7.09. The predicted octanol–water partition coefficient (Wildman–Crippen LogP) is 3.50. The summed E-state index contributed by atoms with van der Waals surface area (Å²) in [5, 5.41) is 6.42. The number of aryl methyl sites for hydroxylation is 2. The van der Waals surface area contributed by atoms with Crippen LogP contribution in [-0.2, 0) is 9.96 Å². The van der Waals surface area contributed by atoms with Crippen LogP contribution in [0.1, 0.15) is 36.5 Å². The number of carbonyl (C=O) groups is 1. The molecular weight excluding hydrogens is 406 g/mol. The van der Waals surface area contributed by atoms with Crippen molar-refractivity contribution in [1.29, 1.82) is 0 Å². The Kier molecular flexibility index (Phi) is 4.47. The number of nitrogens with one attached hydrogen (secondary N) is 1. The zero-order chi connectivity index (χ0) is 21.8. The van der Waals surface area contributed by atoms with Crippen molar-refractivity contribution in [2.75, 3.05) is 5.73 Å². The number of rotatable bonds is 3. The number of fused-ring (bicyclic) bond motifs is 1. The zero-order valence-electron chi connectivity index (χ0n) is 17.4. The van der Waals surface area contributed by atoms with Gasteiger partial charge in [-0.15, -0.1) is 0 Å². The van der Waals surface area contributed by atoms with Gasteiger partial charge in [-0.25, -0.2) is 4.98 Å². The van der Waals surface area contributed by atoms with E-state index in [0.29, 0.717) is 12.1 Å². The molecule has 2 aromatic heterocycles. The van der Waals surface area contributed by atoms with Crippen molar-refractivity contribution in [1.82, 2.24) is 20.0 Å². The molecule has 155 valence electrons. The molecule has 1 aliphatic heterocycles. The standard InChI is InChI=1S/C23H22N5O2Si/c1-13-21(14(2)30-27-13)15-5-10-19-18(12-15)25-22(23(31)11-3-4-20(29)26-23)28(19)17-8-6-16(24)7-9-17/h5-10,12H,3-4,11,24H2,1-2H3,(H,26,29)/t23-/m0/s1. The molecule has 1 amide bonds. The fourth-order valence-electron chi connectivity index (χ4n) is 4.35. The summed E-state index contributed by atoms with van der Waals surface area (Å²) in [6.45, 7) is 3.84. The number of hydrogen-bond donors (Lipinski definition) is 2. The van der Waals surface area contributed by atoms with E-state index in [1.807, 2.05) is 56.3 Å². The Labute approximate surface area is 183 Å². The molecule has 1 saturated heterocycles. The van der Waals surface area contributed by atoms with Crippen LogP contribution >= 0.6 is 0 Å². The lowest BCUT2D eigenvalue weighted by molar-refractivity contribution is -0.124. The van der Waals surface area contributed by atoms with E-state index in [1.165, 1.54) is 0 Å². The van der Waals surface area contributed by atoms with Crippen molar-refractivity contribution in [3.63, 3.8) is 0 Å². The molecule has 1 fully saturated rings. The molecule has 3 radical (unpaired) electrons. The molecule has 0 spiro atoms. The Hall–Kier alpha value is -3.39. The molecule has 5 rings (SSSR count). The van der Waals surface area contributed by atoms with E-state index in [4.69, 9.17) is 15.2 Å². The molecule has 0 aliphatic carbocycles. The average Bonchev–Trinajstić information content (AvgIpc) is 3.28. The van der Waals surface area contributed by atoms with Gasteiger partial charge in [0, 0.05) is 23.4 Å². The van der Waals surface area contributed by atoms with Gasteiger partial charge in [0.25, 0.3) is 0 Å². The van der Waals surface area contributed by atoms with Crippen LogP contribution in [0.2, 0.25) is 0 Å². The summed E-state index contributed by atoms with van der Waals surface area (Å²) in [4.78, 5) is 17.2. The summed E-state index contributed by atoms with van der Waals surface area (Å²) in [5.41, 5.74) is 12.1. The molecule has 0 saturated carbocycles. The van der Waals surface area contributed by atoms with Crippen LogP contribution in [0.25, 0.3) is 27.8 Å². The number of aromatic nitrogens is 3. The van der Waals surface area contributed by atoms with Crippen molar-refractivity contribution >= 4 is 32.9 Å². The highest BCUT2D eigenvalue weighted by Gasteiger charge is 2.37. The Balaban J connectivity index is 1.75. The molecule has 2 aromatic carbocycles. The van der Waals surface area contributed by atoms with Crippen molar-refractivity contribution in [2.24, 2.45) is 0 Å². The lowest BCUT2D eigenvalue weighted by atomic mass is 10.0. The van der Waals surface area contributed by atoms with Crippen LogP contribution in [-0.4, -0.2) is 30.9 Å². The highest BCUT2D eigenvalue weighted by atomic mass is 28.1. The van der Waals surface area contributed by atoms with Crippen LogP contribution in [0.5, 0.6) is 0 Å². The minimum atomic E-state index is -0.751. The molecule has 1 aliphatic rings. The molecule has 8 heteroatoms. The van der Waals surface area contributed by atoms with Crippen LogP contribution < -0.4 is 11.1 Å². The Bertz CT molecular complexity index is 1290. The van der Waals surface area contributed by atoms with Gasteiger partial charge in [-0.05, 0) is 68.7 Å². The van der Waals surface area contributed by atoms with Gasteiger partial charge in [-0.2, -0.15) is 0 Å². The molecule has 0 unspecified atom stereocenters. The SMILES string of the molecule is Cc1noc(C)c1-c1ccc2c(c1)nc([C@@]1([Si])CCCC(=O)N1)n2-c1ccc(N)cc1. The maximum Gasteiger partial charge on any atom is 0.220 e. The van der Waals surface area contributed by atoms with E-state index < -0.39 is 5.16 Å². The number of benzene rings is 2. The second-order valence-electron chi connectivity index (χ2n) is 8.07. The highest BCUT2D eigenvalue weighted by molar-refractivity contribution is 6.17. The van der Waals surface area contributed by atoms with Gasteiger partial charge >= 0.3 is 0 Å². The summed E-state index contributed by atoms with van der Waals surface area (Å²) < 4.78 is 7.43. The van der Waals surface area contributed by atoms with Gasteiger partial charge in [-0.1, -0.05) is 11.2 Å². The third-order valence-corrected chi connectivity index (χ3v) is 6.42. The number of nitrogens with zero attached hydrogens (tertiary/aromatic N) is 3. The van der Waals surface area contributed by atoms with Gasteiger partial charge in [0.15, 0.2) is 0 Å². The van der Waals surface area contributed by atoms with Gasteiger partial charge in [0.2, 0.25) is 5.91 Å². The van der Waals surface area contributed by atoms with Crippen molar-refractivity contribution in [2.45, 2.75) is 38.3 Å². The first-order valence-corrected chi connectivity index (χ1v) is 10.7. The number of imidazole rings is 1. The van der Waals surface area contributed by atoms with E-state index in [1.54, 1.807) is 0 Å². The summed E-state index contributed by atoms with van der Waals surface area (Å²) in [6, 6.07) is 13.8. The molecule has 1 atom stereocenters. The van der Waals surface area contributed by atoms with E-state index in [9.17, 15) is 4.79 Å². The monoisotopic (exact) mass is 428 g/mol. The molecular formula is C23H22N5O2Si. The first-order valence-electron chi connectivity index (χ1n) is 10.2. The van der Waals surface area contributed by atoms with E-state index in [2.05, 4.69) is 25.3 Å². The largest absolute Gasteiger partial charge is 0.399 e. The van der Waals surface area contributed by atoms with Gasteiger partial charge < -0.3 is 15.6 Å². The maximum atomic E-state index is 12.2. The number of hydrogen-bond acceptors (Lipinski definition) is 5. The third kappa shape index (κ3) is 3.23. The Morgan fingerprint density at radius 2 is 1.97 bits per heavy atom. The topological polar surface area (TPSA) is 99.0 Å². The number of nitrogens with two attached hydrogens (primary N) is 1. The quantitative estimate of drug-likeness (QED) is 0.384. The van der Waals surface area contributed by atoms with Gasteiger partial charge in [-0.3, -0.25) is 9.36 Å². The average molecular weight is 429 g/mol. The fourth-order valence-corrected chi connectivity index (χ4v) is 4.83. The molecule has 31 heavy (non-hydrogen) atoms. The number of nitrogen functional groups attached to an aromatic ring is 1. The van der Waals surface area contributed by atoms with Crippen molar-refractivity contribution < 1.29 is 9.32 Å². The lowest BCUT2D eigenvalue weighted by Crippen LogP contribution is -2.51. The summed E-state index contributed by atoms with van der Waals surface area (Å²) in [7, 11) is 3.87. The van der Waals surface area contributed by atoms with E-state index in [-0.39, 0.29) is 5.91 Å². The highest BCUT2D eigenvalue weighted by Crippen LogP contribution is 2.35. The third-order valence-electron chi connectivity index (χ3n) is 5.82. The fraction of sp³-hybridized carbons (Fsp3) is 0.261. The predicted molar refractivity (Wildman–Crippen MR) is 120 cm³/mol. The first kappa shape index (κ1) is 19.6. The van der Waals surface area contributed by atoms with Crippen LogP contribution in [0.4, 0.5) is 5.69 Å². The zero-order valence-corrected chi connectivity index (χ0v) is 18.4. The first-order chi connectivity index (χ1) is 14.9. The minimum Gasteiger partial charge on any atom is -0.399 e. The molecule has 3 N–H and O–H groups in total. The van der Waals surface area contributed by atoms with Crippen LogP contribution in [0.3, 0.4) is 0 Å². The van der Waals surface area contributed by atoms with Crippen molar-refractivity contribution in [3.05, 3.63) is 59.7 Å². The number of carbonyl (C=O) groups excluding carboxylic acids is 1. The number of anilines is 1. The Morgan fingerprint density at radius 3 is 2.65 bits per heavy atom. The molecule has 4 aromatic rings. The normalized spacial score (nSPS) is 19.0. The van der Waals surface area contributed by atoms with Crippen LogP contribution in [0.15, 0.2) is 47.0 Å². The summed E-state index contributed by atoms with van der Waals surface area (Å²) in [6.07, 6.45) is 2.04. The Morgan fingerprint density at radius 1 is 1.19 bits per heavy atom. The summed E-state index contributed by atoms with van der Waals surface area (Å²) in [5.74, 6) is 1.51. The van der Waals surface area contributed by atoms with E-state index >= 15 is 0 Å². The van der Waals surface area contributed by atoms with Gasteiger partial charge in [0.1, 0.15) is 11.6 Å². The molecule has 0 bridgehead atoms. The van der Waals surface area contributed by atoms with E-state index in [0.717, 1.165) is 58.0 Å². The number of piperidine rings is 1. The van der Waals surface area contributed by atoms with Crippen LogP contribution in [0, 0.1) is 13.8 Å². The smallest absolute Gasteiger partial charge is 0.220 e.